The number of aromatic nitrogens is 2. The summed E-state index contributed by atoms with van der Waals surface area (Å²) in [4.78, 5) is 12.7. The maximum Gasteiger partial charge on any atom is 0.256 e. The third-order valence-corrected chi connectivity index (χ3v) is 5.60. The van der Waals surface area contributed by atoms with Gasteiger partial charge in [0.2, 0.25) is 0 Å². The van der Waals surface area contributed by atoms with E-state index in [1.54, 1.807) is 14.2 Å². The van der Waals surface area contributed by atoms with Gasteiger partial charge in [-0.3, -0.25) is 9.89 Å². The normalized spacial score (nSPS) is 11.3. The molecule has 0 aliphatic carbocycles. The summed E-state index contributed by atoms with van der Waals surface area (Å²) in [7, 11) is 3.23. The van der Waals surface area contributed by atoms with E-state index in [9.17, 15) is 4.79 Å². The van der Waals surface area contributed by atoms with Crippen molar-refractivity contribution in [2.45, 2.75) is 32.8 Å². The van der Waals surface area contributed by atoms with E-state index in [1.807, 2.05) is 60.7 Å². The highest BCUT2D eigenvalue weighted by Gasteiger charge is 2.16. The molecule has 0 unspecified atom stereocenters. The molecule has 7 nitrogen and oxygen atoms in total. The van der Waals surface area contributed by atoms with Crippen molar-refractivity contribution < 1.29 is 19.0 Å². The molecule has 0 saturated heterocycles. The highest BCUT2D eigenvalue weighted by atomic mass is 16.5. The van der Waals surface area contributed by atoms with E-state index >= 15 is 0 Å². The maximum atomic E-state index is 12.7. The van der Waals surface area contributed by atoms with Crippen molar-refractivity contribution in [1.82, 2.24) is 10.2 Å². The molecule has 1 aromatic heterocycles. The van der Waals surface area contributed by atoms with Crippen LogP contribution in [0, 0.1) is 0 Å². The standard InChI is InChI=1S/C27H29N3O4/c1-27(2,3)19-8-6-18(7-9-19)26(31)28-25-23-11-10-20(15-24(23)29-30-25)34-16-17-12-21(32-4)14-22(13-17)33-5/h6-15H,16H2,1-5H3,(H2,28,29,30,31). The van der Waals surface area contributed by atoms with Crippen molar-refractivity contribution in [3.05, 3.63) is 77.4 Å². The first-order valence-electron chi connectivity index (χ1n) is 11.0. The average Bonchev–Trinajstić information content (AvgIpc) is 3.23. The van der Waals surface area contributed by atoms with E-state index < -0.39 is 0 Å². The molecule has 4 rings (SSSR count). The Morgan fingerprint density at radius 2 is 1.59 bits per heavy atom. The van der Waals surface area contributed by atoms with Gasteiger partial charge in [0.15, 0.2) is 5.82 Å². The van der Waals surface area contributed by atoms with Gasteiger partial charge in [0.05, 0.1) is 19.7 Å². The Morgan fingerprint density at radius 3 is 2.21 bits per heavy atom. The molecular formula is C27H29N3O4. The van der Waals surface area contributed by atoms with Gasteiger partial charge in [-0.15, -0.1) is 0 Å². The van der Waals surface area contributed by atoms with Gasteiger partial charge in [0.25, 0.3) is 5.91 Å². The Hall–Kier alpha value is -4.00. The van der Waals surface area contributed by atoms with Gasteiger partial charge in [0.1, 0.15) is 23.9 Å². The molecule has 176 valence electrons. The molecule has 0 fully saturated rings. The number of H-pyrrole nitrogens is 1. The van der Waals surface area contributed by atoms with Crippen molar-refractivity contribution in [3.8, 4) is 17.2 Å². The Balaban J connectivity index is 1.45. The quantitative estimate of drug-likeness (QED) is 0.370. The zero-order chi connectivity index (χ0) is 24.3. The molecule has 0 aliphatic rings. The Kier molecular flexibility index (Phi) is 6.45. The van der Waals surface area contributed by atoms with Gasteiger partial charge in [-0.1, -0.05) is 32.9 Å². The van der Waals surface area contributed by atoms with Crippen molar-refractivity contribution in [3.63, 3.8) is 0 Å². The number of hydrogen-bond acceptors (Lipinski definition) is 5. The van der Waals surface area contributed by atoms with Crippen LogP contribution in [0.5, 0.6) is 17.2 Å². The van der Waals surface area contributed by atoms with Crippen molar-refractivity contribution in [2.75, 3.05) is 19.5 Å². The number of aromatic amines is 1. The summed E-state index contributed by atoms with van der Waals surface area (Å²) in [6.07, 6.45) is 0. The summed E-state index contributed by atoms with van der Waals surface area (Å²) in [5.74, 6) is 2.35. The van der Waals surface area contributed by atoms with Crippen LogP contribution in [0.2, 0.25) is 0 Å². The smallest absolute Gasteiger partial charge is 0.256 e. The number of anilines is 1. The van der Waals surface area contributed by atoms with Crippen LogP contribution in [0.3, 0.4) is 0 Å². The number of carbonyl (C=O) groups excluding carboxylic acids is 1. The Labute approximate surface area is 199 Å². The van der Waals surface area contributed by atoms with Crippen LogP contribution in [0.4, 0.5) is 5.82 Å². The largest absolute Gasteiger partial charge is 0.497 e. The summed E-state index contributed by atoms with van der Waals surface area (Å²) in [6.45, 7) is 6.78. The van der Waals surface area contributed by atoms with Crippen molar-refractivity contribution in [2.24, 2.45) is 0 Å². The Bertz CT molecular complexity index is 1280. The number of nitrogens with zero attached hydrogens (tertiary/aromatic N) is 1. The number of amides is 1. The fourth-order valence-corrected chi connectivity index (χ4v) is 3.60. The van der Waals surface area contributed by atoms with E-state index in [2.05, 4.69) is 36.3 Å². The van der Waals surface area contributed by atoms with Crippen LogP contribution >= 0.6 is 0 Å². The third-order valence-electron chi connectivity index (χ3n) is 5.60. The van der Waals surface area contributed by atoms with Crippen molar-refractivity contribution >= 4 is 22.6 Å². The van der Waals surface area contributed by atoms with E-state index in [0.717, 1.165) is 16.5 Å². The SMILES string of the molecule is COc1cc(COc2ccc3c(NC(=O)c4ccc(C(C)(C)C)cc4)n[nH]c3c2)cc(OC)c1. The van der Waals surface area contributed by atoms with Gasteiger partial charge in [-0.05, 0) is 52.9 Å². The monoisotopic (exact) mass is 459 g/mol. The van der Waals surface area contributed by atoms with E-state index in [-0.39, 0.29) is 11.3 Å². The predicted octanol–water partition coefficient (Wildman–Crippen LogP) is 5.71. The molecule has 4 aromatic rings. The van der Waals surface area contributed by atoms with Gasteiger partial charge >= 0.3 is 0 Å². The molecule has 0 aliphatic heterocycles. The number of rotatable bonds is 7. The summed E-state index contributed by atoms with van der Waals surface area (Å²) in [6, 6.07) is 18.8. The summed E-state index contributed by atoms with van der Waals surface area (Å²) >= 11 is 0. The molecule has 0 spiro atoms. The molecule has 0 radical (unpaired) electrons. The van der Waals surface area contributed by atoms with E-state index in [1.165, 1.54) is 5.56 Å². The minimum Gasteiger partial charge on any atom is -0.497 e. The lowest BCUT2D eigenvalue weighted by molar-refractivity contribution is 0.102. The molecule has 2 N–H and O–H groups in total. The number of fused-ring (bicyclic) bond motifs is 1. The number of hydrogen-bond donors (Lipinski definition) is 2. The van der Waals surface area contributed by atoms with Crippen LogP contribution in [-0.2, 0) is 12.0 Å². The van der Waals surface area contributed by atoms with E-state index in [0.29, 0.717) is 35.2 Å². The Morgan fingerprint density at radius 1 is 0.912 bits per heavy atom. The average molecular weight is 460 g/mol. The third kappa shape index (κ3) is 5.14. The molecule has 3 aromatic carbocycles. The lowest BCUT2D eigenvalue weighted by Crippen LogP contribution is -2.14. The zero-order valence-electron chi connectivity index (χ0n) is 20.1. The molecule has 1 heterocycles. The van der Waals surface area contributed by atoms with E-state index in [4.69, 9.17) is 14.2 Å². The molecular weight excluding hydrogens is 430 g/mol. The lowest BCUT2D eigenvalue weighted by atomic mass is 9.87. The fraction of sp³-hybridized carbons (Fsp3) is 0.259. The summed E-state index contributed by atoms with van der Waals surface area (Å²) in [5.41, 5.74) is 3.48. The second kappa shape index (κ2) is 9.47. The highest BCUT2D eigenvalue weighted by Crippen LogP contribution is 2.28. The first-order valence-corrected chi connectivity index (χ1v) is 11.0. The maximum absolute atomic E-state index is 12.7. The fourth-order valence-electron chi connectivity index (χ4n) is 3.60. The summed E-state index contributed by atoms with van der Waals surface area (Å²) < 4.78 is 16.6. The van der Waals surface area contributed by atoms with Gasteiger partial charge in [-0.25, -0.2) is 0 Å². The van der Waals surface area contributed by atoms with Gasteiger partial charge in [-0.2, -0.15) is 5.10 Å². The molecule has 0 atom stereocenters. The second-order valence-electron chi connectivity index (χ2n) is 9.07. The number of nitrogens with one attached hydrogen (secondary N) is 2. The lowest BCUT2D eigenvalue weighted by Gasteiger charge is -2.18. The first-order chi connectivity index (χ1) is 16.3. The minimum absolute atomic E-state index is 0.0336. The van der Waals surface area contributed by atoms with Crippen LogP contribution in [0.1, 0.15) is 42.3 Å². The number of carbonyl (C=O) groups is 1. The second-order valence-corrected chi connectivity index (χ2v) is 9.07. The first kappa shape index (κ1) is 23.2. The van der Waals surface area contributed by atoms with Crippen LogP contribution in [-0.4, -0.2) is 30.3 Å². The topological polar surface area (TPSA) is 85.5 Å². The van der Waals surface area contributed by atoms with Crippen LogP contribution in [0.15, 0.2) is 60.7 Å². The molecule has 1 amide bonds. The summed E-state index contributed by atoms with van der Waals surface area (Å²) in [5, 5.41) is 10.9. The predicted molar refractivity (Wildman–Crippen MR) is 133 cm³/mol. The number of ether oxygens (including phenoxy) is 3. The zero-order valence-corrected chi connectivity index (χ0v) is 20.1. The van der Waals surface area contributed by atoms with Gasteiger partial charge < -0.3 is 19.5 Å². The number of methoxy groups -OCH3 is 2. The molecule has 0 bridgehead atoms. The number of benzene rings is 3. The van der Waals surface area contributed by atoms with Gasteiger partial charge in [0, 0.05) is 23.1 Å². The molecule has 34 heavy (non-hydrogen) atoms. The van der Waals surface area contributed by atoms with Crippen LogP contribution < -0.4 is 19.5 Å². The van der Waals surface area contributed by atoms with Crippen molar-refractivity contribution in [1.29, 1.82) is 0 Å². The minimum atomic E-state index is -0.207. The molecule has 7 heteroatoms. The van der Waals surface area contributed by atoms with Crippen LogP contribution in [0.25, 0.3) is 10.9 Å². The highest BCUT2D eigenvalue weighted by molar-refractivity contribution is 6.07. The molecule has 0 saturated carbocycles.